The number of nitrogens with zero attached hydrogens (tertiary/aromatic N) is 1. The van der Waals surface area contributed by atoms with Gasteiger partial charge in [0.2, 0.25) is 5.91 Å². The van der Waals surface area contributed by atoms with Crippen molar-refractivity contribution in [2.45, 2.75) is 50.6 Å². The van der Waals surface area contributed by atoms with Crippen molar-refractivity contribution in [3.05, 3.63) is 0 Å². The lowest BCUT2D eigenvalue weighted by Gasteiger charge is -2.33. The SMILES string of the molecule is O=C(NC1CCN2CCCCC12)[C@@H]1CCCNC1. The molecule has 1 amide bonds. The number of nitrogens with one attached hydrogen (secondary N) is 2. The van der Waals surface area contributed by atoms with E-state index in [9.17, 15) is 4.79 Å². The Labute approximate surface area is 109 Å². The Hall–Kier alpha value is -0.610. The van der Waals surface area contributed by atoms with Gasteiger partial charge in [-0.2, -0.15) is 0 Å². The zero-order valence-corrected chi connectivity index (χ0v) is 11.2. The van der Waals surface area contributed by atoms with Crippen LogP contribution in [0.4, 0.5) is 0 Å². The van der Waals surface area contributed by atoms with Crippen molar-refractivity contribution < 1.29 is 4.79 Å². The molecule has 0 spiro atoms. The van der Waals surface area contributed by atoms with Crippen LogP contribution < -0.4 is 10.6 Å². The highest BCUT2D eigenvalue weighted by atomic mass is 16.2. The molecule has 3 aliphatic rings. The third-order valence-corrected chi connectivity index (χ3v) is 4.85. The standard InChI is InChI=1S/C14H25N3O/c18-14(11-4-3-7-15-10-11)16-12-6-9-17-8-2-1-5-13(12)17/h11-13,15H,1-10H2,(H,16,18)/t11-,12?,13?/m1/s1. The Kier molecular flexibility index (Phi) is 3.85. The molecule has 0 saturated carbocycles. The van der Waals surface area contributed by atoms with E-state index in [1.54, 1.807) is 0 Å². The molecular formula is C14H25N3O. The summed E-state index contributed by atoms with van der Waals surface area (Å²) in [6, 6.07) is 1.04. The van der Waals surface area contributed by atoms with Gasteiger partial charge in [0.25, 0.3) is 0 Å². The van der Waals surface area contributed by atoms with Crippen LogP contribution in [0.1, 0.15) is 38.5 Å². The van der Waals surface area contributed by atoms with Crippen LogP contribution in [0.2, 0.25) is 0 Å². The summed E-state index contributed by atoms with van der Waals surface area (Å²) in [4.78, 5) is 14.8. The molecule has 18 heavy (non-hydrogen) atoms. The van der Waals surface area contributed by atoms with Gasteiger partial charge in [0.05, 0.1) is 5.92 Å². The minimum atomic E-state index is 0.205. The van der Waals surface area contributed by atoms with Crippen LogP contribution in [0, 0.1) is 5.92 Å². The van der Waals surface area contributed by atoms with Crippen molar-refractivity contribution >= 4 is 5.91 Å². The monoisotopic (exact) mass is 251 g/mol. The average molecular weight is 251 g/mol. The summed E-state index contributed by atoms with van der Waals surface area (Å²) in [6.07, 6.45) is 7.28. The molecule has 2 unspecified atom stereocenters. The fraction of sp³-hybridized carbons (Fsp3) is 0.929. The second kappa shape index (κ2) is 5.57. The number of fused-ring (bicyclic) bond motifs is 1. The van der Waals surface area contributed by atoms with E-state index in [0.29, 0.717) is 18.0 Å². The van der Waals surface area contributed by atoms with E-state index < -0.39 is 0 Å². The van der Waals surface area contributed by atoms with Crippen LogP contribution in [0.15, 0.2) is 0 Å². The highest BCUT2D eigenvalue weighted by Gasteiger charge is 2.37. The van der Waals surface area contributed by atoms with Crippen molar-refractivity contribution in [2.75, 3.05) is 26.2 Å². The van der Waals surface area contributed by atoms with Gasteiger partial charge in [-0.1, -0.05) is 6.42 Å². The van der Waals surface area contributed by atoms with Gasteiger partial charge in [-0.15, -0.1) is 0 Å². The highest BCUT2D eigenvalue weighted by Crippen LogP contribution is 2.27. The molecule has 4 heteroatoms. The van der Waals surface area contributed by atoms with Crippen LogP contribution in [0.5, 0.6) is 0 Å². The molecular weight excluding hydrogens is 226 g/mol. The molecule has 2 N–H and O–H groups in total. The van der Waals surface area contributed by atoms with Gasteiger partial charge in [0.1, 0.15) is 0 Å². The van der Waals surface area contributed by atoms with Gasteiger partial charge < -0.3 is 10.6 Å². The van der Waals surface area contributed by atoms with E-state index in [0.717, 1.165) is 32.4 Å². The predicted molar refractivity (Wildman–Crippen MR) is 71.4 cm³/mol. The second-order valence-corrected chi connectivity index (χ2v) is 6.05. The molecule has 3 saturated heterocycles. The Morgan fingerprint density at radius 1 is 1.11 bits per heavy atom. The summed E-state index contributed by atoms with van der Waals surface area (Å²) >= 11 is 0. The normalized spacial score (nSPS) is 37.2. The fourth-order valence-corrected chi connectivity index (χ4v) is 3.79. The van der Waals surface area contributed by atoms with Crippen LogP contribution >= 0.6 is 0 Å². The van der Waals surface area contributed by atoms with Crippen LogP contribution in [0.25, 0.3) is 0 Å². The van der Waals surface area contributed by atoms with Crippen molar-refractivity contribution in [2.24, 2.45) is 5.92 Å². The summed E-state index contributed by atoms with van der Waals surface area (Å²) in [6.45, 7) is 4.36. The van der Waals surface area contributed by atoms with E-state index in [-0.39, 0.29) is 5.92 Å². The zero-order valence-electron chi connectivity index (χ0n) is 11.2. The van der Waals surface area contributed by atoms with Gasteiger partial charge in [-0.05, 0) is 45.2 Å². The second-order valence-electron chi connectivity index (χ2n) is 6.05. The summed E-state index contributed by atoms with van der Waals surface area (Å²) in [7, 11) is 0. The largest absolute Gasteiger partial charge is 0.351 e. The predicted octanol–water partition coefficient (Wildman–Crippen LogP) is 0.729. The number of amides is 1. The smallest absolute Gasteiger partial charge is 0.224 e. The Morgan fingerprint density at radius 3 is 2.89 bits per heavy atom. The topological polar surface area (TPSA) is 44.4 Å². The molecule has 0 aromatic rings. The minimum Gasteiger partial charge on any atom is -0.351 e. The summed E-state index contributed by atoms with van der Waals surface area (Å²) in [5.74, 6) is 0.496. The van der Waals surface area contributed by atoms with Crippen LogP contribution in [-0.4, -0.2) is 49.1 Å². The molecule has 0 radical (unpaired) electrons. The third-order valence-electron chi connectivity index (χ3n) is 4.85. The molecule has 0 aromatic heterocycles. The van der Waals surface area contributed by atoms with Gasteiger partial charge in [0.15, 0.2) is 0 Å². The van der Waals surface area contributed by atoms with E-state index in [4.69, 9.17) is 0 Å². The highest BCUT2D eigenvalue weighted by molar-refractivity contribution is 5.79. The number of hydrogen-bond donors (Lipinski definition) is 2. The molecule has 4 nitrogen and oxygen atoms in total. The summed E-state index contributed by atoms with van der Waals surface area (Å²) in [5.41, 5.74) is 0. The van der Waals surface area contributed by atoms with Gasteiger partial charge >= 0.3 is 0 Å². The number of rotatable bonds is 2. The fourth-order valence-electron chi connectivity index (χ4n) is 3.79. The lowest BCUT2D eigenvalue weighted by molar-refractivity contribution is -0.126. The third kappa shape index (κ3) is 2.54. The van der Waals surface area contributed by atoms with E-state index in [1.807, 2.05) is 0 Å². The van der Waals surface area contributed by atoms with Crippen LogP contribution in [0.3, 0.4) is 0 Å². The maximum absolute atomic E-state index is 12.3. The average Bonchev–Trinajstić information content (AvgIpc) is 2.83. The maximum Gasteiger partial charge on any atom is 0.224 e. The zero-order chi connectivity index (χ0) is 12.4. The molecule has 0 bridgehead atoms. The van der Waals surface area contributed by atoms with E-state index >= 15 is 0 Å². The van der Waals surface area contributed by atoms with Gasteiger partial charge in [-0.3, -0.25) is 9.69 Å². The maximum atomic E-state index is 12.3. The first-order valence-electron chi connectivity index (χ1n) is 7.60. The molecule has 3 rings (SSSR count). The Bertz CT molecular complexity index is 301. The van der Waals surface area contributed by atoms with Crippen molar-refractivity contribution in [1.29, 1.82) is 0 Å². The summed E-state index contributed by atoms with van der Waals surface area (Å²) < 4.78 is 0. The van der Waals surface area contributed by atoms with Gasteiger partial charge in [0, 0.05) is 25.2 Å². The summed E-state index contributed by atoms with van der Waals surface area (Å²) in [5, 5.41) is 6.65. The molecule has 3 atom stereocenters. The molecule has 0 aliphatic carbocycles. The quantitative estimate of drug-likeness (QED) is 0.760. The lowest BCUT2D eigenvalue weighted by atomic mass is 9.96. The molecule has 0 aromatic carbocycles. The molecule has 102 valence electrons. The minimum absolute atomic E-state index is 0.205. The van der Waals surface area contributed by atoms with Crippen molar-refractivity contribution in [3.8, 4) is 0 Å². The number of carbonyl (C=O) groups is 1. The van der Waals surface area contributed by atoms with Crippen LogP contribution in [-0.2, 0) is 4.79 Å². The molecule has 3 heterocycles. The van der Waals surface area contributed by atoms with Gasteiger partial charge in [-0.25, -0.2) is 0 Å². The Balaban J connectivity index is 1.54. The molecule has 3 fully saturated rings. The first kappa shape index (κ1) is 12.4. The molecule has 3 aliphatic heterocycles. The lowest BCUT2D eigenvalue weighted by Crippen LogP contribution is -2.50. The number of hydrogen-bond acceptors (Lipinski definition) is 3. The first-order valence-corrected chi connectivity index (χ1v) is 7.60. The van der Waals surface area contributed by atoms with E-state index in [2.05, 4.69) is 15.5 Å². The number of piperidine rings is 2. The first-order chi connectivity index (χ1) is 8.84. The van der Waals surface area contributed by atoms with Crippen molar-refractivity contribution in [3.63, 3.8) is 0 Å². The Morgan fingerprint density at radius 2 is 2.06 bits per heavy atom. The van der Waals surface area contributed by atoms with E-state index in [1.165, 1.54) is 32.4 Å². The number of carbonyl (C=O) groups excluding carboxylic acids is 1. The van der Waals surface area contributed by atoms with Crippen molar-refractivity contribution in [1.82, 2.24) is 15.5 Å².